The predicted octanol–water partition coefficient (Wildman–Crippen LogP) is 2.66. The molecule has 0 atom stereocenters. The highest BCUT2D eigenvalue weighted by molar-refractivity contribution is 9.10. The fourth-order valence-corrected chi connectivity index (χ4v) is 2.30. The van der Waals surface area contributed by atoms with E-state index in [1.54, 1.807) is 6.92 Å². The lowest BCUT2D eigenvalue weighted by Gasteiger charge is -2.07. The van der Waals surface area contributed by atoms with E-state index in [2.05, 4.69) is 25.9 Å². The van der Waals surface area contributed by atoms with Crippen molar-refractivity contribution in [3.63, 3.8) is 0 Å². The van der Waals surface area contributed by atoms with Gasteiger partial charge in [-0.15, -0.1) is 0 Å². The van der Waals surface area contributed by atoms with Gasteiger partial charge in [-0.05, 0) is 47.5 Å². The van der Waals surface area contributed by atoms with Gasteiger partial charge in [0.25, 0.3) is 5.56 Å². The molecule has 0 aliphatic heterocycles. The van der Waals surface area contributed by atoms with Crippen molar-refractivity contribution in [3.05, 3.63) is 50.1 Å². The minimum absolute atomic E-state index is 0.122. The van der Waals surface area contributed by atoms with Crippen molar-refractivity contribution in [2.75, 3.05) is 0 Å². The molecule has 1 heterocycles. The Morgan fingerprint density at radius 2 is 2.19 bits per heavy atom. The van der Waals surface area contributed by atoms with Crippen LogP contribution in [0.1, 0.15) is 17.7 Å². The average Bonchev–Trinajstić information content (AvgIpc) is 2.40. The summed E-state index contributed by atoms with van der Waals surface area (Å²) >= 11 is 3.08. The molecule has 0 aliphatic carbocycles. The number of aliphatic carboxylic acids is 1. The molecule has 0 spiro atoms. The summed E-state index contributed by atoms with van der Waals surface area (Å²) in [6.45, 7) is 1.65. The third-order valence-corrected chi connectivity index (χ3v) is 3.61. The first-order chi connectivity index (χ1) is 9.88. The largest absolute Gasteiger partial charge is 0.481 e. The van der Waals surface area contributed by atoms with Crippen LogP contribution in [0.4, 0.5) is 4.39 Å². The number of carboxylic acid groups (broad SMARTS) is 1. The Labute approximate surface area is 128 Å². The molecule has 0 bridgehead atoms. The maximum Gasteiger partial charge on any atom is 0.303 e. The highest BCUT2D eigenvalue weighted by Crippen LogP contribution is 2.22. The summed E-state index contributed by atoms with van der Waals surface area (Å²) in [5, 5.41) is 8.67. The Balaban J connectivity index is 2.41. The van der Waals surface area contributed by atoms with E-state index in [-0.39, 0.29) is 22.9 Å². The molecular formula is C14H12BrFN2O3. The number of benzene rings is 1. The van der Waals surface area contributed by atoms with Gasteiger partial charge in [0.15, 0.2) is 0 Å². The molecule has 0 aliphatic rings. The molecule has 7 heteroatoms. The number of aromatic amines is 1. The Kier molecular flexibility index (Phi) is 4.52. The number of hydrogen-bond donors (Lipinski definition) is 2. The lowest BCUT2D eigenvalue weighted by atomic mass is 10.1. The standard InChI is InChI=1S/C14H12BrFN2O3/c1-7-9(3-5-12(19)20)14(21)18-13(17-7)8-2-4-11(16)10(15)6-8/h2,4,6H,3,5H2,1H3,(H,19,20)(H,17,18,21). The molecule has 0 radical (unpaired) electrons. The van der Waals surface area contributed by atoms with E-state index in [1.165, 1.54) is 18.2 Å². The normalized spacial score (nSPS) is 10.6. The van der Waals surface area contributed by atoms with E-state index in [0.717, 1.165) is 0 Å². The zero-order valence-corrected chi connectivity index (χ0v) is 12.7. The molecule has 2 N–H and O–H groups in total. The highest BCUT2D eigenvalue weighted by Gasteiger charge is 2.12. The van der Waals surface area contributed by atoms with E-state index in [4.69, 9.17) is 5.11 Å². The molecule has 1 aromatic carbocycles. The Bertz CT molecular complexity index is 758. The second-order valence-electron chi connectivity index (χ2n) is 4.50. The molecule has 1 aromatic heterocycles. The van der Waals surface area contributed by atoms with Crippen LogP contribution in [0.15, 0.2) is 27.5 Å². The summed E-state index contributed by atoms with van der Waals surface area (Å²) in [7, 11) is 0. The lowest BCUT2D eigenvalue weighted by Crippen LogP contribution is -2.18. The molecule has 0 fully saturated rings. The second kappa shape index (κ2) is 6.17. The maximum absolute atomic E-state index is 13.2. The molecule has 5 nitrogen and oxygen atoms in total. The van der Waals surface area contributed by atoms with Gasteiger partial charge in [-0.25, -0.2) is 9.37 Å². The third kappa shape index (κ3) is 3.55. The number of hydrogen-bond acceptors (Lipinski definition) is 3. The van der Waals surface area contributed by atoms with Crippen LogP contribution in [-0.2, 0) is 11.2 Å². The van der Waals surface area contributed by atoms with Crippen LogP contribution in [0, 0.1) is 12.7 Å². The number of nitrogens with one attached hydrogen (secondary N) is 1. The van der Waals surface area contributed by atoms with Gasteiger partial charge in [0, 0.05) is 23.2 Å². The van der Waals surface area contributed by atoms with Gasteiger partial charge >= 0.3 is 5.97 Å². The quantitative estimate of drug-likeness (QED) is 0.883. The number of aromatic nitrogens is 2. The third-order valence-electron chi connectivity index (χ3n) is 3.00. The predicted molar refractivity (Wildman–Crippen MR) is 78.6 cm³/mol. The average molecular weight is 355 g/mol. The molecule has 2 aromatic rings. The van der Waals surface area contributed by atoms with Crippen LogP contribution < -0.4 is 5.56 Å². The van der Waals surface area contributed by atoms with E-state index in [1.807, 2.05) is 0 Å². The van der Waals surface area contributed by atoms with Crippen molar-refractivity contribution < 1.29 is 14.3 Å². The summed E-state index contributed by atoms with van der Waals surface area (Å²) < 4.78 is 13.5. The van der Waals surface area contributed by atoms with Crippen LogP contribution in [0.5, 0.6) is 0 Å². The van der Waals surface area contributed by atoms with Crippen molar-refractivity contribution in [1.82, 2.24) is 9.97 Å². The summed E-state index contributed by atoms with van der Waals surface area (Å²) in [5.41, 5.74) is 1.00. The summed E-state index contributed by atoms with van der Waals surface area (Å²) in [4.78, 5) is 29.5. The van der Waals surface area contributed by atoms with Crippen molar-refractivity contribution in [1.29, 1.82) is 0 Å². The van der Waals surface area contributed by atoms with E-state index in [9.17, 15) is 14.0 Å². The van der Waals surface area contributed by atoms with Crippen LogP contribution in [0.25, 0.3) is 11.4 Å². The van der Waals surface area contributed by atoms with Gasteiger partial charge in [0.1, 0.15) is 11.6 Å². The van der Waals surface area contributed by atoms with Gasteiger partial charge in [0.2, 0.25) is 0 Å². The maximum atomic E-state index is 13.2. The molecule has 2 rings (SSSR count). The van der Waals surface area contributed by atoms with E-state index < -0.39 is 11.8 Å². The van der Waals surface area contributed by atoms with E-state index >= 15 is 0 Å². The number of aryl methyl sites for hydroxylation is 1. The number of rotatable bonds is 4. The van der Waals surface area contributed by atoms with Crippen LogP contribution in [-0.4, -0.2) is 21.0 Å². The van der Waals surface area contributed by atoms with Crippen LogP contribution in [0.3, 0.4) is 0 Å². The molecular weight excluding hydrogens is 343 g/mol. The Morgan fingerprint density at radius 3 is 2.76 bits per heavy atom. The van der Waals surface area contributed by atoms with Crippen molar-refractivity contribution >= 4 is 21.9 Å². The van der Waals surface area contributed by atoms with Gasteiger partial charge in [-0.3, -0.25) is 9.59 Å². The topological polar surface area (TPSA) is 83.0 Å². The summed E-state index contributed by atoms with van der Waals surface area (Å²) in [6, 6.07) is 4.30. The molecule has 0 amide bonds. The monoisotopic (exact) mass is 354 g/mol. The Hall–Kier alpha value is -2.02. The highest BCUT2D eigenvalue weighted by atomic mass is 79.9. The van der Waals surface area contributed by atoms with Gasteiger partial charge in [-0.1, -0.05) is 0 Å². The van der Waals surface area contributed by atoms with E-state index in [0.29, 0.717) is 22.6 Å². The molecule has 0 saturated heterocycles. The number of nitrogens with zero attached hydrogens (tertiary/aromatic N) is 1. The number of carboxylic acids is 1. The summed E-state index contributed by atoms with van der Waals surface area (Å²) in [6.07, 6.45) is -0.00998. The van der Waals surface area contributed by atoms with Crippen LogP contribution in [0.2, 0.25) is 0 Å². The first-order valence-corrected chi connectivity index (χ1v) is 6.95. The fourth-order valence-electron chi connectivity index (χ4n) is 1.92. The Morgan fingerprint density at radius 1 is 1.48 bits per heavy atom. The van der Waals surface area contributed by atoms with Crippen molar-refractivity contribution in [2.24, 2.45) is 0 Å². The minimum Gasteiger partial charge on any atom is -0.481 e. The summed E-state index contributed by atoms with van der Waals surface area (Å²) in [5.74, 6) is -1.06. The number of carbonyl (C=O) groups is 1. The van der Waals surface area contributed by atoms with Gasteiger partial charge in [0.05, 0.1) is 4.47 Å². The fraction of sp³-hybridized carbons (Fsp3) is 0.214. The van der Waals surface area contributed by atoms with Crippen LogP contribution >= 0.6 is 15.9 Å². The smallest absolute Gasteiger partial charge is 0.303 e. The van der Waals surface area contributed by atoms with Crippen molar-refractivity contribution in [3.8, 4) is 11.4 Å². The SMILES string of the molecule is Cc1nc(-c2ccc(F)c(Br)c2)[nH]c(=O)c1CCC(=O)O. The number of H-pyrrole nitrogens is 1. The lowest BCUT2D eigenvalue weighted by molar-refractivity contribution is -0.136. The zero-order valence-electron chi connectivity index (χ0n) is 11.1. The van der Waals surface area contributed by atoms with Gasteiger partial charge < -0.3 is 10.1 Å². The second-order valence-corrected chi connectivity index (χ2v) is 5.36. The molecule has 0 unspecified atom stereocenters. The first-order valence-electron chi connectivity index (χ1n) is 6.15. The first kappa shape index (κ1) is 15.4. The minimum atomic E-state index is -0.972. The zero-order chi connectivity index (χ0) is 15.6. The number of halogens is 2. The molecule has 110 valence electrons. The molecule has 21 heavy (non-hydrogen) atoms. The van der Waals surface area contributed by atoms with Crippen molar-refractivity contribution in [2.45, 2.75) is 19.8 Å². The molecule has 0 saturated carbocycles. The van der Waals surface area contributed by atoms with Gasteiger partial charge in [-0.2, -0.15) is 0 Å².